The maximum atomic E-state index is 13.2. The molecule has 2 saturated heterocycles. The minimum atomic E-state index is -0.463. The number of likely N-dealkylation sites (tertiary alicyclic amines) is 1. The number of halogens is 2. The molecule has 1 aromatic carbocycles. The molecular formula is C15H17BrFNO3. The van der Waals surface area contributed by atoms with Crippen molar-refractivity contribution >= 4 is 21.8 Å². The highest BCUT2D eigenvalue weighted by Crippen LogP contribution is 2.31. The van der Waals surface area contributed by atoms with Crippen LogP contribution in [0, 0.1) is 5.82 Å². The molecule has 1 spiro atoms. The lowest BCUT2D eigenvalue weighted by Gasteiger charge is -2.37. The smallest absolute Gasteiger partial charge is 0.226 e. The van der Waals surface area contributed by atoms with Crippen molar-refractivity contribution in [2.24, 2.45) is 0 Å². The van der Waals surface area contributed by atoms with E-state index in [-0.39, 0.29) is 18.1 Å². The van der Waals surface area contributed by atoms with Gasteiger partial charge < -0.3 is 14.4 Å². The van der Waals surface area contributed by atoms with Crippen LogP contribution in [-0.2, 0) is 20.7 Å². The molecule has 2 aliphatic heterocycles. The van der Waals surface area contributed by atoms with Gasteiger partial charge in [0.05, 0.1) is 24.1 Å². The molecule has 21 heavy (non-hydrogen) atoms. The van der Waals surface area contributed by atoms with Crippen molar-refractivity contribution in [2.75, 3.05) is 26.3 Å². The minimum absolute atomic E-state index is 0.0568. The summed E-state index contributed by atoms with van der Waals surface area (Å²) in [7, 11) is 0. The lowest BCUT2D eigenvalue weighted by atomic mass is 10.0. The van der Waals surface area contributed by atoms with E-state index in [1.54, 1.807) is 12.1 Å². The predicted molar refractivity (Wildman–Crippen MR) is 78.3 cm³/mol. The number of amides is 1. The fourth-order valence-corrected chi connectivity index (χ4v) is 3.24. The summed E-state index contributed by atoms with van der Waals surface area (Å²) in [6.45, 7) is 2.55. The highest BCUT2D eigenvalue weighted by atomic mass is 79.9. The lowest BCUT2D eigenvalue weighted by molar-refractivity contribution is -0.187. The molecule has 2 fully saturated rings. The van der Waals surface area contributed by atoms with Crippen LogP contribution in [0.2, 0.25) is 0 Å². The largest absolute Gasteiger partial charge is 0.347 e. The van der Waals surface area contributed by atoms with E-state index < -0.39 is 5.79 Å². The van der Waals surface area contributed by atoms with Crippen molar-refractivity contribution in [2.45, 2.75) is 25.0 Å². The number of carbonyl (C=O) groups excluding carboxylic acids is 1. The molecule has 0 saturated carbocycles. The van der Waals surface area contributed by atoms with Gasteiger partial charge in [-0.25, -0.2) is 4.39 Å². The van der Waals surface area contributed by atoms with Crippen molar-refractivity contribution in [1.82, 2.24) is 4.90 Å². The summed E-state index contributed by atoms with van der Waals surface area (Å²) >= 11 is 3.14. The summed E-state index contributed by atoms with van der Waals surface area (Å²) in [5.41, 5.74) is 0.807. The molecule has 6 heteroatoms. The SMILES string of the molecule is O=C(Cc1ccc(F)c(Br)c1)N1CCC2(CC1)OCCO2. The summed E-state index contributed by atoms with van der Waals surface area (Å²) < 4.78 is 24.9. The molecule has 0 radical (unpaired) electrons. The Kier molecular flexibility index (Phi) is 4.28. The maximum absolute atomic E-state index is 13.2. The molecule has 2 aliphatic rings. The number of hydrogen-bond acceptors (Lipinski definition) is 3. The predicted octanol–water partition coefficient (Wildman–Crippen LogP) is 2.50. The van der Waals surface area contributed by atoms with Crippen LogP contribution >= 0.6 is 15.9 Å². The van der Waals surface area contributed by atoms with Crippen LogP contribution in [0.4, 0.5) is 4.39 Å². The Morgan fingerprint density at radius 3 is 2.57 bits per heavy atom. The Morgan fingerprint density at radius 1 is 1.29 bits per heavy atom. The molecule has 4 nitrogen and oxygen atoms in total. The standard InChI is InChI=1S/C15H17BrFNO3/c16-12-9-11(1-2-13(12)17)10-14(19)18-5-3-15(4-6-18)20-7-8-21-15/h1-2,9H,3-8,10H2. The number of ether oxygens (including phenoxy) is 2. The van der Waals surface area contributed by atoms with E-state index in [1.807, 2.05) is 4.90 Å². The topological polar surface area (TPSA) is 38.8 Å². The summed E-state index contributed by atoms with van der Waals surface area (Å²) in [6, 6.07) is 4.67. The van der Waals surface area contributed by atoms with Crippen molar-refractivity contribution < 1.29 is 18.7 Å². The molecule has 0 aromatic heterocycles. The number of nitrogens with zero attached hydrogens (tertiary/aromatic N) is 1. The Morgan fingerprint density at radius 2 is 1.95 bits per heavy atom. The minimum Gasteiger partial charge on any atom is -0.347 e. The molecule has 3 rings (SSSR count). The number of carbonyl (C=O) groups is 1. The molecule has 0 aliphatic carbocycles. The zero-order valence-corrected chi connectivity index (χ0v) is 13.2. The van der Waals surface area contributed by atoms with Crippen LogP contribution in [0.1, 0.15) is 18.4 Å². The van der Waals surface area contributed by atoms with Crippen LogP contribution in [0.3, 0.4) is 0 Å². The van der Waals surface area contributed by atoms with Gasteiger partial charge in [0, 0.05) is 25.9 Å². The van der Waals surface area contributed by atoms with Gasteiger partial charge in [-0.2, -0.15) is 0 Å². The molecule has 0 bridgehead atoms. The first-order valence-electron chi connectivity index (χ1n) is 7.08. The van der Waals surface area contributed by atoms with E-state index in [9.17, 15) is 9.18 Å². The van der Waals surface area contributed by atoms with Gasteiger partial charge in [-0.1, -0.05) is 6.07 Å². The monoisotopic (exact) mass is 357 g/mol. The Balaban J connectivity index is 1.57. The van der Waals surface area contributed by atoms with E-state index in [0.717, 1.165) is 5.56 Å². The number of piperidine rings is 1. The van der Waals surface area contributed by atoms with Gasteiger partial charge in [0.15, 0.2) is 5.79 Å². The van der Waals surface area contributed by atoms with E-state index in [4.69, 9.17) is 9.47 Å². The molecule has 0 atom stereocenters. The van der Waals surface area contributed by atoms with Crippen LogP contribution < -0.4 is 0 Å². The molecule has 1 aromatic rings. The van der Waals surface area contributed by atoms with E-state index in [0.29, 0.717) is 43.6 Å². The van der Waals surface area contributed by atoms with Crippen LogP contribution in [0.5, 0.6) is 0 Å². The second kappa shape index (κ2) is 6.02. The Labute approximate surface area is 131 Å². The van der Waals surface area contributed by atoms with Crippen molar-refractivity contribution in [3.63, 3.8) is 0 Å². The van der Waals surface area contributed by atoms with Gasteiger partial charge >= 0.3 is 0 Å². The van der Waals surface area contributed by atoms with Crippen LogP contribution in [-0.4, -0.2) is 42.9 Å². The lowest BCUT2D eigenvalue weighted by Crippen LogP contribution is -2.47. The van der Waals surface area contributed by atoms with Gasteiger partial charge in [0.25, 0.3) is 0 Å². The van der Waals surface area contributed by atoms with Crippen molar-refractivity contribution in [3.05, 3.63) is 34.1 Å². The average molecular weight is 358 g/mol. The summed E-state index contributed by atoms with van der Waals surface area (Å²) in [5, 5.41) is 0. The van der Waals surface area contributed by atoms with Gasteiger partial charge in [0.2, 0.25) is 5.91 Å². The summed E-state index contributed by atoms with van der Waals surface area (Å²) in [6.07, 6.45) is 1.71. The van der Waals surface area contributed by atoms with Crippen LogP contribution in [0.15, 0.2) is 22.7 Å². The fourth-order valence-electron chi connectivity index (χ4n) is 2.82. The fraction of sp³-hybridized carbons (Fsp3) is 0.533. The van der Waals surface area contributed by atoms with E-state index in [2.05, 4.69) is 15.9 Å². The average Bonchev–Trinajstić information content (AvgIpc) is 2.92. The highest BCUT2D eigenvalue weighted by Gasteiger charge is 2.40. The zero-order chi connectivity index (χ0) is 14.9. The number of hydrogen-bond donors (Lipinski definition) is 0. The number of benzene rings is 1. The first kappa shape index (κ1) is 14.9. The third-order valence-corrected chi connectivity index (χ3v) is 4.64. The summed E-state index contributed by atoms with van der Waals surface area (Å²) in [5.74, 6) is -0.724. The Bertz CT molecular complexity index is 536. The zero-order valence-electron chi connectivity index (χ0n) is 11.6. The highest BCUT2D eigenvalue weighted by molar-refractivity contribution is 9.10. The molecule has 1 amide bonds. The van der Waals surface area contributed by atoms with Gasteiger partial charge in [0.1, 0.15) is 5.82 Å². The molecular weight excluding hydrogens is 341 g/mol. The first-order chi connectivity index (χ1) is 10.1. The van der Waals surface area contributed by atoms with E-state index in [1.165, 1.54) is 6.07 Å². The molecule has 114 valence electrons. The molecule has 0 N–H and O–H groups in total. The van der Waals surface area contributed by atoms with Crippen LogP contribution in [0.25, 0.3) is 0 Å². The van der Waals surface area contributed by atoms with Gasteiger partial charge in [-0.05, 0) is 33.6 Å². The molecule has 0 unspecified atom stereocenters. The Hall–Kier alpha value is -0.980. The second-order valence-corrected chi connectivity index (χ2v) is 6.27. The first-order valence-corrected chi connectivity index (χ1v) is 7.87. The molecule has 2 heterocycles. The second-order valence-electron chi connectivity index (χ2n) is 5.41. The van der Waals surface area contributed by atoms with Crippen molar-refractivity contribution in [1.29, 1.82) is 0 Å². The normalized spacial score (nSPS) is 21.0. The van der Waals surface area contributed by atoms with Crippen molar-refractivity contribution in [3.8, 4) is 0 Å². The maximum Gasteiger partial charge on any atom is 0.226 e. The number of rotatable bonds is 2. The van der Waals surface area contributed by atoms with Gasteiger partial charge in [-0.15, -0.1) is 0 Å². The third-order valence-electron chi connectivity index (χ3n) is 4.03. The summed E-state index contributed by atoms with van der Waals surface area (Å²) in [4.78, 5) is 14.1. The quantitative estimate of drug-likeness (QED) is 0.816. The van der Waals surface area contributed by atoms with Gasteiger partial charge in [-0.3, -0.25) is 4.79 Å². The van der Waals surface area contributed by atoms with E-state index >= 15 is 0 Å². The third kappa shape index (κ3) is 3.27.